The van der Waals surface area contributed by atoms with Crippen molar-refractivity contribution in [3.05, 3.63) is 27.8 Å². The Balaban J connectivity index is 1.95. The van der Waals surface area contributed by atoms with Gasteiger partial charge in [-0.25, -0.2) is 4.79 Å². The maximum atomic E-state index is 12.2. The maximum Gasteiger partial charge on any atom is 0.342 e. The Hall–Kier alpha value is -1.94. The van der Waals surface area contributed by atoms with Crippen LogP contribution in [0.25, 0.3) is 0 Å². The summed E-state index contributed by atoms with van der Waals surface area (Å²) < 4.78 is 21.4. The summed E-state index contributed by atoms with van der Waals surface area (Å²) in [4.78, 5) is 23.0. The van der Waals surface area contributed by atoms with Crippen molar-refractivity contribution < 1.29 is 38.7 Å². The molecule has 1 aliphatic rings. The fourth-order valence-corrected chi connectivity index (χ4v) is 3.20. The van der Waals surface area contributed by atoms with Crippen LogP contribution in [0, 0.1) is 12.8 Å². The van der Waals surface area contributed by atoms with Crippen molar-refractivity contribution in [2.75, 3.05) is 6.61 Å². The maximum absolute atomic E-state index is 12.2. The first-order valence-electron chi connectivity index (χ1n) is 10.2. The fourth-order valence-electron chi connectivity index (χ4n) is 3.20. The van der Waals surface area contributed by atoms with E-state index in [2.05, 4.69) is 0 Å². The van der Waals surface area contributed by atoms with Gasteiger partial charge < -0.3 is 33.9 Å². The lowest BCUT2D eigenvalue weighted by Crippen LogP contribution is -2.58. The molecular weight excluding hydrogens is 396 g/mol. The van der Waals surface area contributed by atoms with Crippen LogP contribution in [0.4, 0.5) is 0 Å². The molecule has 1 saturated heterocycles. The predicted molar refractivity (Wildman–Crippen MR) is 106 cm³/mol. The zero-order chi connectivity index (χ0) is 22.4. The Kier molecular flexibility index (Phi) is 8.84. The fraction of sp³-hybridized carbons (Fsp3) is 0.714. The van der Waals surface area contributed by atoms with Crippen LogP contribution >= 0.6 is 0 Å². The number of carbonyl (C=O) groups is 1. The third-order valence-corrected chi connectivity index (χ3v) is 5.18. The van der Waals surface area contributed by atoms with Crippen LogP contribution in [0.5, 0.6) is 5.75 Å². The number of ether oxygens (including phenoxy) is 3. The lowest BCUT2D eigenvalue weighted by atomic mass is 10.00. The van der Waals surface area contributed by atoms with Crippen LogP contribution in [0.15, 0.2) is 15.3 Å². The minimum absolute atomic E-state index is 0.198. The summed E-state index contributed by atoms with van der Waals surface area (Å²) in [5.74, 6) is 0.585. The van der Waals surface area contributed by atoms with Gasteiger partial charge >= 0.3 is 11.6 Å². The van der Waals surface area contributed by atoms with Gasteiger partial charge in [0.2, 0.25) is 6.29 Å². The van der Waals surface area contributed by atoms with Gasteiger partial charge in [0.25, 0.3) is 0 Å². The molecule has 1 fully saturated rings. The molecule has 6 unspecified atom stereocenters. The van der Waals surface area contributed by atoms with E-state index < -0.39 is 36.3 Å². The van der Waals surface area contributed by atoms with E-state index in [-0.39, 0.29) is 23.2 Å². The summed E-state index contributed by atoms with van der Waals surface area (Å²) in [6.45, 7) is 6.85. The van der Waals surface area contributed by atoms with Crippen LogP contribution in [0.1, 0.15) is 51.4 Å². The summed E-state index contributed by atoms with van der Waals surface area (Å²) in [6, 6.07) is 1.58. The Bertz CT molecular complexity index is 759. The zero-order valence-electron chi connectivity index (χ0n) is 17.9. The SMILES string of the molecule is CC(=O)OCC(C)CCCCc1cc(OC2OC(C)C(O)C(O)C2O)c(C)c(=O)o1. The van der Waals surface area contributed by atoms with E-state index in [1.807, 2.05) is 6.92 Å². The molecule has 9 nitrogen and oxygen atoms in total. The Labute approximate surface area is 175 Å². The second-order valence-electron chi connectivity index (χ2n) is 7.94. The molecule has 1 aromatic heterocycles. The van der Waals surface area contributed by atoms with Crippen molar-refractivity contribution in [3.8, 4) is 5.75 Å². The first-order chi connectivity index (χ1) is 14.1. The Morgan fingerprint density at radius 1 is 1.20 bits per heavy atom. The third kappa shape index (κ3) is 6.53. The highest BCUT2D eigenvalue weighted by Gasteiger charge is 2.43. The van der Waals surface area contributed by atoms with E-state index in [1.54, 1.807) is 13.0 Å². The molecule has 30 heavy (non-hydrogen) atoms. The van der Waals surface area contributed by atoms with Gasteiger partial charge in [-0.1, -0.05) is 13.3 Å². The molecule has 0 radical (unpaired) electrons. The Morgan fingerprint density at radius 2 is 1.90 bits per heavy atom. The van der Waals surface area contributed by atoms with Crippen molar-refractivity contribution in [1.82, 2.24) is 0 Å². The highest BCUT2D eigenvalue weighted by molar-refractivity contribution is 5.65. The second kappa shape index (κ2) is 10.9. The number of rotatable bonds is 9. The molecule has 9 heteroatoms. The number of hydrogen-bond donors (Lipinski definition) is 3. The molecule has 2 rings (SSSR count). The van der Waals surface area contributed by atoms with Crippen molar-refractivity contribution >= 4 is 5.97 Å². The number of hydrogen-bond acceptors (Lipinski definition) is 9. The molecule has 0 aromatic carbocycles. The van der Waals surface area contributed by atoms with Crippen LogP contribution in [-0.4, -0.2) is 58.6 Å². The van der Waals surface area contributed by atoms with Crippen molar-refractivity contribution in [3.63, 3.8) is 0 Å². The molecular formula is C21H32O9. The minimum Gasteiger partial charge on any atom is -0.466 e. The molecule has 0 saturated carbocycles. The van der Waals surface area contributed by atoms with Crippen molar-refractivity contribution in [2.24, 2.45) is 5.92 Å². The molecule has 0 aliphatic carbocycles. The van der Waals surface area contributed by atoms with E-state index in [4.69, 9.17) is 18.6 Å². The van der Waals surface area contributed by atoms with Crippen LogP contribution < -0.4 is 10.4 Å². The van der Waals surface area contributed by atoms with Gasteiger partial charge in [-0.3, -0.25) is 4.79 Å². The minimum atomic E-state index is -1.47. The number of carbonyl (C=O) groups excluding carboxylic acids is 1. The van der Waals surface area contributed by atoms with E-state index in [9.17, 15) is 24.9 Å². The van der Waals surface area contributed by atoms with E-state index in [0.29, 0.717) is 18.8 Å². The second-order valence-corrected chi connectivity index (χ2v) is 7.94. The number of unbranched alkanes of at least 4 members (excludes halogenated alkanes) is 1. The molecule has 1 aromatic rings. The molecule has 0 bridgehead atoms. The van der Waals surface area contributed by atoms with Gasteiger partial charge in [0.05, 0.1) is 18.3 Å². The topological polar surface area (TPSA) is 136 Å². The zero-order valence-corrected chi connectivity index (χ0v) is 17.9. The normalized spacial score (nSPS) is 27.5. The summed E-state index contributed by atoms with van der Waals surface area (Å²) in [6.07, 6.45) is -3.09. The van der Waals surface area contributed by atoms with Gasteiger partial charge in [-0.2, -0.15) is 0 Å². The van der Waals surface area contributed by atoms with Crippen molar-refractivity contribution in [1.29, 1.82) is 0 Å². The average Bonchev–Trinajstić information content (AvgIpc) is 2.69. The molecule has 0 amide bonds. The average molecular weight is 428 g/mol. The number of aryl methyl sites for hydroxylation is 1. The van der Waals surface area contributed by atoms with E-state index in [0.717, 1.165) is 19.3 Å². The van der Waals surface area contributed by atoms with Gasteiger partial charge in [-0.05, 0) is 32.6 Å². The Morgan fingerprint density at radius 3 is 2.57 bits per heavy atom. The summed E-state index contributed by atoms with van der Waals surface area (Å²) in [5, 5.41) is 29.8. The van der Waals surface area contributed by atoms with Crippen LogP contribution in [-0.2, 0) is 20.7 Å². The predicted octanol–water partition coefficient (Wildman–Crippen LogP) is 1.07. The van der Waals surface area contributed by atoms with E-state index in [1.165, 1.54) is 13.8 Å². The number of esters is 1. The highest BCUT2D eigenvalue weighted by atomic mass is 16.7. The first kappa shape index (κ1) is 24.3. The molecule has 2 heterocycles. The molecule has 170 valence electrons. The summed E-state index contributed by atoms with van der Waals surface area (Å²) in [7, 11) is 0. The number of aliphatic hydroxyl groups is 3. The van der Waals surface area contributed by atoms with Crippen LogP contribution in [0.2, 0.25) is 0 Å². The first-order valence-corrected chi connectivity index (χ1v) is 10.2. The molecule has 3 N–H and O–H groups in total. The molecule has 0 spiro atoms. The highest BCUT2D eigenvalue weighted by Crippen LogP contribution is 2.26. The van der Waals surface area contributed by atoms with Gasteiger partial charge in [-0.15, -0.1) is 0 Å². The molecule has 6 atom stereocenters. The van der Waals surface area contributed by atoms with Crippen LogP contribution in [0.3, 0.4) is 0 Å². The number of aliphatic hydroxyl groups excluding tert-OH is 3. The summed E-state index contributed by atoms with van der Waals surface area (Å²) >= 11 is 0. The lowest BCUT2D eigenvalue weighted by Gasteiger charge is -2.39. The molecule has 1 aliphatic heterocycles. The lowest BCUT2D eigenvalue weighted by molar-refractivity contribution is -0.268. The van der Waals surface area contributed by atoms with Gasteiger partial charge in [0.1, 0.15) is 29.8 Å². The smallest absolute Gasteiger partial charge is 0.342 e. The van der Waals surface area contributed by atoms with Crippen molar-refractivity contribution in [2.45, 2.75) is 84.1 Å². The third-order valence-electron chi connectivity index (χ3n) is 5.18. The monoisotopic (exact) mass is 428 g/mol. The quantitative estimate of drug-likeness (QED) is 0.390. The van der Waals surface area contributed by atoms with Gasteiger partial charge in [0, 0.05) is 19.4 Å². The van der Waals surface area contributed by atoms with E-state index >= 15 is 0 Å². The largest absolute Gasteiger partial charge is 0.466 e. The van der Waals surface area contributed by atoms with Gasteiger partial charge in [0.15, 0.2) is 0 Å². The standard InChI is InChI=1S/C21H32O9/c1-11(10-27-14(4)22)7-5-6-8-15-9-16(12(2)20(26)29-15)30-21-19(25)18(24)17(23)13(3)28-21/h9,11,13,17-19,21,23-25H,5-8,10H2,1-4H3. The summed E-state index contributed by atoms with van der Waals surface area (Å²) in [5.41, 5.74) is -0.331.